The molecule has 0 bridgehead atoms. The quantitative estimate of drug-likeness (QED) is 0.585. The maximum atomic E-state index is 11.9. The number of ether oxygens (including phenoxy) is 5. The molecule has 0 atom stereocenters. The minimum atomic E-state index is -0.905. The molecular formula is C19H29N5O8. The van der Waals surface area contributed by atoms with Crippen molar-refractivity contribution in [3.05, 3.63) is 16.7 Å². The number of nitrogen functional groups attached to an aromatic ring is 1. The van der Waals surface area contributed by atoms with Crippen molar-refractivity contribution in [1.29, 1.82) is 0 Å². The summed E-state index contributed by atoms with van der Waals surface area (Å²) in [6, 6.07) is 0. The van der Waals surface area contributed by atoms with Gasteiger partial charge in [0.25, 0.3) is 5.56 Å². The van der Waals surface area contributed by atoms with Gasteiger partial charge in [0.2, 0.25) is 5.95 Å². The van der Waals surface area contributed by atoms with E-state index in [1.54, 1.807) is 41.5 Å². The van der Waals surface area contributed by atoms with Crippen molar-refractivity contribution in [1.82, 2.24) is 19.5 Å². The number of anilines is 1. The van der Waals surface area contributed by atoms with Gasteiger partial charge in [-0.3, -0.25) is 14.3 Å². The fourth-order valence-electron chi connectivity index (χ4n) is 2.28. The summed E-state index contributed by atoms with van der Waals surface area (Å²) in [5, 5.41) is 0. The number of hydrogen-bond donors (Lipinski definition) is 2. The van der Waals surface area contributed by atoms with E-state index in [-0.39, 0.29) is 37.1 Å². The molecular weight excluding hydrogens is 426 g/mol. The number of hydrogen-bond acceptors (Lipinski definition) is 11. The van der Waals surface area contributed by atoms with Gasteiger partial charge in [0, 0.05) is 0 Å². The summed E-state index contributed by atoms with van der Waals surface area (Å²) in [6.07, 6.45) is -1.35. The lowest BCUT2D eigenvalue weighted by molar-refractivity contribution is -0.0849. The second-order valence-electron chi connectivity index (χ2n) is 8.81. The summed E-state index contributed by atoms with van der Waals surface area (Å²) in [4.78, 5) is 46.0. The summed E-state index contributed by atoms with van der Waals surface area (Å²) < 4.78 is 27.5. The van der Waals surface area contributed by atoms with Gasteiger partial charge in [0.1, 0.15) is 37.3 Å². The van der Waals surface area contributed by atoms with Crippen molar-refractivity contribution in [3.63, 3.8) is 0 Å². The van der Waals surface area contributed by atoms with Crippen LogP contribution < -0.4 is 11.3 Å². The number of nitrogens with two attached hydrogens (primary N) is 1. The first kappa shape index (κ1) is 24.9. The zero-order valence-corrected chi connectivity index (χ0v) is 19.0. The first-order valence-corrected chi connectivity index (χ1v) is 9.77. The zero-order valence-electron chi connectivity index (χ0n) is 19.0. The molecule has 3 N–H and O–H groups in total. The van der Waals surface area contributed by atoms with Crippen molar-refractivity contribution in [2.45, 2.75) is 65.6 Å². The van der Waals surface area contributed by atoms with E-state index in [0.717, 1.165) is 0 Å². The largest absolute Gasteiger partial charge is 0.508 e. The van der Waals surface area contributed by atoms with Crippen LogP contribution in [0, 0.1) is 0 Å². The van der Waals surface area contributed by atoms with E-state index in [2.05, 4.69) is 15.0 Å². The van der Waals surface area contributed by atoms with Crippen LogP contribution in [0.15, 0.2) is 11.1 Å². The van der Waals surface area contributed by atoms with E-state index in [1.165, 1.54) is 10.9 Å². The maximum absolute atomic E-state index is 11.9. The van der Waals surface area contributed by atoms with E-state index >= 15 is 0 Å². The standard InChI is InChI=1S/C19H29N5O8/c1-18(2,3)31-16(26)28-7-11(8-29-17(27)32-19(4,5)6)30-10-24-9-21-12-13(24)22-15(20)23-14(12)25/h9,11H,7-8,10H2,1-6H3,(H3,20,22,23,25). The lowest BCUT2D eigenvalue weighted by atomic mass is 10.2. The molecule has 13 heteroatoms. The van der Waals surface area contributed by atoms with Crippen LogP contribution in [0.1, 0.15) is 41.5 Å². The molecule has 0 aliphatic heterocycles. The van der Waals surface area contributed by atoms with Gasteiger partial charge < -0.3 is 29.4 Å². The summed E-state index contributed by atoms with van der Waals surface area (Å²) in [7, 11) is 0. The molecule has 178 valence electrons. The SMILES string of the molecule is CC(C)(C)OC(=O)OCC(COC(=O)OC(C)(C)C)OCn1cnc2c(=O)[nH]c(N)nc21. The molecule has 32 heavy (non-hydrogen) atoms. The molecule has 2 heterocycles. The van der Waals surface area contributed by atoms with E-state index in [9.17, 15) is 14.4 Å². The van der Waals surface area contributed by atoms with Crippen molar-refractivity contribution in [3.8, 4) is 0 Å². The number of fused-ring (bicyclic) bond motifs is 1. The zero-order chi connectivity index (χ0) is 24.1. The van der Waals surface area contributed by atoms with Crippen molar-refractivity contribution < 1.29 is 33.3 Å². The van der Waals surface area contributed by atoms with Gasteiger partial charge in [-0.1, -0.05) is 0 Å². The van der Waals surface area contributed by atoms with Crippen LogP contribution in [-0.2, 0) is 30.4 Å². The number of carbonyl (C=O) groups is 2. The molecule has 0 saturated heterocycles. The number of aromatic nitrogens is 4. The van der Waals surface area contributed by atoms with Gasteiger partial charge >= 0.3 is 12.3 Å². The molecule has 13 nitrogen and oxygen atoms in total. The van der Waals surface area contributed by atoms with Gasteiger partial charge in [0.15, 0.2) is 11.2 Å². The first-order valence-electron chi connectivity index (χ1n) is 9.77. The van der Waals surface area contributed by atoms with Crippen LogP contribution >= 0.6 is 0 Å². The van der Waals surface area contributed by atoms with E-state index < -0.39 is 35.2 Å². The molecule has 2 aromatic heterocycles. The Morgan fingerprint density at radius 3 is 2.09 bits per heavy atom. The molecule has 0 saturated carbocycles. The first-order chi connectivity index (χ1) is 14.7. The third-order valence-electron chi connectivity index (χ3n) is 3.50. The summed E-state index contributed by atoms with van der Waals surface area (Å²) in [5.41, 5.74) is 3.88. The third-order valence-corrected chi connectivity index (χ3v) is 3.50. The Bertz CT molecular complexity index is 970. The molecule has 0 radical (unpaired) electrons. The Morgan fingerprint density at radius 1 is 1.06 bits per heavy atom. The monoisotopic (exact) mass is 455 g/mol. The predicted molar refractivity (Wildman–Crippen MR) is 112 cm³/mol. The second kappa shape index (κ2) is 9.85. The summed E-state index contributed by atoms with van der Waals surface area (Å²) in [6.45, 7) is 9.46. The van der Waals surface area contributed by atoms with Crippen LogP contribution in [-0.4, -0.2) is 62.3 Å². The number of H-pyrrole nitrogens is 1. The maximum Gasteiger partial charge on any atom is 0.508 e. The van der Waals surface area contributed by atoms with Gasteiger partial charge in [-0.15, -0.1) is 0 Å². The number of imidazole rings is 1. The molecule has 0 aliphatic carbocycles. The minimum Gasteiger partial charge on any atom is -0.431 e. The molecule has 0 spiro atoms. The number of carbonyl (C=O) groups excluding carboxylic acids is 2. The molecule has 0 fully saturated rings. The topological polar surface area (TPSA) is 170 Å². The Labute approximate surface area is 184 Å². The molecule has 0 unspecified atom stereocenters. The second-order valence-corrected chi connectivity index (χ2v) is 8.81. The average molecular weight is 455 g/mol. The van der Waals surface area contributed by atoms with Crippen molar-refractivity contribution in [2.24, 2.45) is 0 Å². The highest BCUT2D eigenvalue weighted by Crippen LogP contribution is 2.12. The van der Waals surface area contributed by atoms with Gasteiger partial charge in [-0.25, -0.2) is 14.6 Å². The van der Waals surface area contributed by atoms with Crippen LogP contribution in [0.25, 0.3) is 11.2 Å². The van der Waals surface area contributed by atoms with Crippen LogP contribution in [0.2, 0.25) is 0 Å². The minimum absolute atomic E-state index is 0.0781. The van der Waals surface area contributed by atoms with Crippen molar-refractivity contribution >= 4 is 29.4 Å². The number of rotatable bonds is 7. The highest BCUT2D eigenvalue weighted by atomic mass is 16.7. The smallest absolute Gasteiger partial charge is 0.431 e. The molecule has 2 aromatic rings. The normalized spacial score (nSPS) is 12.1. The Balaban J connectivity index is 2.05. The molecule has 2 rings (SSSR count). The molecule has 0 amide bonds. The number of aromatic amines is 1. The van der Waals surface area contributed by atoms with Gasteiger partial charge in [-0.05, 0) is 41.5 Å². The Morgan fingerprint density at radius 2 is 1.59 bits per heavy atom. The summed E-state index contributed by atoms with van der Waals surface area (Å²) >= 11 is 0. The van der Waals surface area contributed by atoms with Crippen LogP contribution in [0.5, 0.6) is 0 Å². The van der Waals surface area contributed by atoms with E-state index in [0.29, 0.717) is 0 Å². The van der Waals surface area contributed by atoms with Crippen molar-refractivity contribution in [2.75, 3.05) is 18.9 Å². The molecule has 0 aromatic carbocycles. The average Bonchev–Trinajstić information content (AvgIpc) is 3.01. The number of nitrogens with zero attached hydrogens (tertiary/aromatic N) is 3. The highest BCUT2D eigenvalue weighted by molar-refractivity contribution is 5.70. The predicted octanol–water partition coefficient (Wildman–Crippen LogP) is 1.95. The van der Waals surface area contributed by atoms with Crippen LogP contribution in [0.4, 0.5) is 15.5 Å². The van der Waals surface area contributed by atoms with Crippen LogP contribution in [0.3, 0.4) is 0 Å². The van der Waals surface area contributed by atoms with Gasteiger partial charge in [0.05, 0.1) is 6.33 Å². The Hall–Kier alpha value is -3.35. The van der Waals surface area contributed by atoms with E-state index in [4.69, 9.17) is 29.4 Å². The lowest BCUT2D eigenvalue weighted by Crippen LogP contribution is -2.33. The lowest BCUT2D eigenvalue weighted by Gasteiger charge is -2.22. The fourth-order valence-corrected chi connectivity index (χ4v) is 2.28. The summed E-state index contributed by atoms with van der Waals surface area (Å²) in [5.74, 6) is -0.0812. The van der Waals surface area contributed by atoms with Gasteiger partial charge in [-0.2, -0.15) is 4.98 Å². The fraction of sp³-hybridized carbons (Fsp3) is 0.632. The van der Waals surface area contributed by atoms with E-state index in [1.807, 2.05) is 0 Å². The molecule has 0 aliphatic rings. The highest BCUT2D eigenvalue weighted by Gasteiger charge is 2.23. The third kappa shape index (κ3) is 8.06. The number of nitrogens with one attached hydrogen (secondary N) is 1. The Kier molecular flexibility index (Phi) is 7.67.